The number of aromatic nitrogens is 9. The number of carbonyl (C=O) groups excluding carboxylic acids is 3. The molecule has 1 unspecified atom stereocenters. The molecule has 0 radical (unpaired) electrons. The van der Waals surface area contributed by atoms with Crippen molar-refractivity contribution in [2.24, 2.45) is 0 Å². The standard InChI is InChI=1S/C27H22N4O4S.C27H22N4O3S.C27H22N4O2S/c32-26(29-21-12-13-21)20-10-8-19(9-11-20)24-15-28-25-27(36(33,34)17-22-7-4-14-35-22)30-23(16-31(24)25)18-5-2-1-3-6-18;32-26(29-21-12-13-21)20-10-8-19(9-11-20)24-15-28-25-27(35(33)17-22-7-4-14-34-22)30-23(16-31(24)25)18-5-2-1-3-6-18;32-26(29-21-12-13-21)20-10-8-19(9-11-20)24-15-28-25-27(34-17-22-7-4-14-33-22)30-23(16-31(24)25)18-5-2-1-3-6-18/h1-11,14-16,21H,12-13,17H2,(H,29,32);1-11,14-16,21H,12-13,17H2,(H,29,32);1-11,14-16,21H,12-13,17H2,(H,29,32). The number of imidazole rings is 3. The van der Waals surface area contributed by atoms with Crippen molar-refractivity contribution in [2.75, 3.05) is 0 Å². The normalized spacial score (nSPS) is 13.7. The minimum atomic E-state index is -3.87. The molecule has 0 saturated heterocycles. The van der Waals surface area contributed by atoms with Gasteiger partial charge in [-0.2, -0.15) is 0 Å². The van der Waals surface area contributed by atoms with Gasteiger partial charge in [0.25, 0.3) is 17.7 Å². The number of nitrogens with one attached hydrogen (secondary N) is 3. The summed E-state index contributed by atoms with van der Waals surface area (Å²) in [5, 5.41) is 10.1. The number of hydrogen-bond donors (Lipinski definition) is 3. The van der Waals surface area contributed by atoms with Crippen molar-refractivity contribution in [3.05, 3.63) is 290 Å². The third kappa shape index (κ3) is 15.5. The van der Waals surface area contributed by atoms with Crippen molar-refractivity contribution in [1.29, 1.82) is 0 Å². The molecule has 18 rings (SSSR count). The molecule has 9 aromatic heterocycles. The van der Waals surface area contributed by atoms with Crippen LogP contribution in [0.4, 0.5) is 0 Å². The van der Waals surface area contributed by atoms with Crippen LogP contribution in [-0.4, -0.2) is 91.6 Å². The highest BCUT2D eigenvalue weighted by Gasteiger charge is 2.29. The monoisotopic (exact) mass is 1450 g/mol. The Hall–Kier alpha value is -12.1. The van der Waals surface area contributed by atoms with Crippen molar-refractivity contribution < 1.29 is 40.3 Å². The predicted octanol–water partition coefficient (Wildman–Crippen LogP) is 15.2. The van der Waals surface area contributed by atoms with Crippen molar-refractivity contribution in [3.63, 3.8) is 0 Å². The largest absolute Gasteiger partial charge is 0.468 e. The van der Waals surface area contributed by atoms with Crippen LogP contribution in [-0.2, 0) is 37.9 Å². The lowest BCUT2D eigenvalue weighted by Crippen LogP contribution is -2.25. The topological polar surface area (TPSA) is 268 Å². The zero-order valence-corrected chi connectivity index (χ0v) is 58.7. The summed E-state index contributed by atoms with van der Waals surface area (Å²) in [6.07, 6.45) is 21.9. The van der Waals surface area contributed by atoms with Gasteiger partial charge >= 0.3 is 0 Å². The maximum atomic E-state index is 13.4. The molecule has 3 aliphatic carbocycles. The molecule has 3 amide bonds. The molecule has 21 nitrogen and oxygen atoms in total. The zero-order valence-electron chi connectivity index (χ0n) is 56.3. The molecule has 0 aliphatic heterocycles. The van der Waals surface area contributed by atoms with E-state index in [9.17, 15) is 27.0 Å². The van der Waals surface area contributed by atoms with Crippen molar-refractivity contribution >= 4 is 67.1 Å². The van der Waals surface area contributed by atoms with Gasteiger partial charge in [0.2, 0.25) is 9.84 Å². The minimum Gasteiger partial charge on any atom is -0.468 e. The van der Waals surface area contributed by atoms with Gasteiger partial charge in [0.15, 0.2) is 27.0 Å². The summed E-state index contributed by atoms with van der Waals surface area (Å²) < 4.78 is 62.2. The van der Waals surface area contributed by atoms with Crippen LogP contribution >= 0.6 is 11.8 Å². The number of hydrogen-bond acceptors (Lipinski definition) is 16. The summed E-state index contributed by atoms with van der Waals surface area (Å²) in [7, 11) is -5.34. The highest BCUT2D eigenvalue weighted by atomic mass is 32.2. The maximum Gasteiger partial charge on any atom is 0.251 e. The fourth-order valence-electron chi connectivity index (χ4n) is 11.9. The Morgan fingerprint density at radius 3 is 1.24 bits per heavy atom. The number of benzene rings is 6. The molecule has 0 spiro atoms. The first-order chi connectivity index (χ1) is 51.4. The molecule has 0 bridgehead atoms. The van der Waals surface area contributed by atoms with Gasteiger partial charge in [-0.25, -0.2) is 38.3 Å². The number of furan rings is 3. The second-order valence-electron chi connectivity index (χ2n) is 25.7. The van der Waals surface area contributed by atoms with Gasteiger partial charge in [0.05, 0.1) is 93.8 Å². The minimum absolute atomic E-state index is 0.0145. The van der Waals surface area contributed by atoms with E-state index < -0.39 is 20.6 Å². The summed E-state index contributed by atoms with van der Waals surface area (Å²) in [4.78, 5) is 65.1. The van der Waals surface area contributed by atoms with Gasteiger partial charge in [0.1, 0.15) is 28.1 Å². The van der Waals surface area contributed by atoms with Gasteiger partial charge in [-0.3, -0.25) is 31.8 Å². The molecule has 9 heterocycles. The molecule has 522 valence electrons. The quantitative estimate of drug-likeness (QED) is 0.0564. The number of thioether (sulfide) groups is 1. The smallest absolute Gasteiger partial charge is 0.251 e. The Labute approximate surface area is 609 Å². The van der Waals surface area contributed by atoms with E-state index in [1.165, 1.54) is 6.26 Å². The van der Waals surface area contributed by atoms with Gasteiger partial charge in [-0.15, -0.1) is 0 Å². The average Bonchev–Trinajstić information content (AvgIpc) is 1.66. The summed E-state index contributed by atoms with van der Waals surface area (Å²) in [6, 6.07) is 63.3. The van der Waals surface area contributed by atoms with E-state index >= 15 is 0 Å². The van der Waals surface area contributed by atoms with E-state index in [1.54, 1.807) is 83.7 Å². The molecule has 1 atom stereocenters. The van der Waals surface area contributed by atoms with Crippen LogP contribution in [0.5, 0.6) is 0 Å². The number of carbonyl (C=O) groups is 3. The predicted molar refractivity (Wildman–Crippen MR) is 400 cm³/mol. The second kappa shape index (κ2) is 29.7. The lowest BCUT2D eigenvalue weighted by molar-refractivity contribution is 0.0942. The van der Waals surface area contributed by atoms with Crippen LogP contribution in [0, 0.1) is 0 Å². The fraction of sp³-hybridized carbons (Fsp3) is 0.148. The number of fused-ring (bicyclic) bond motifs is 3. The summed E-state index contributed by atoms with van der Waals surface area (Å²) in [6.45, 7) is 0. The van der Waals surface area contributed by atoms with Crippen LogP contribution in [0.15, 0.2) is 284 Å². The van der Waals surface area contributed by atoms with Crippen molar-refractivity contribution in [3.8, 4) is 67.5 Å². The van der Waals surface area contributed by atoms with Gasteiger partial charge in [-0.05, 0) is 111 Å². The van der Waals surface area contributed by atoms with Crippen LogP contribution < -0.4 is 16.0 Å². The molecule has 6 aromatic carbocycles. The van der Waals surface area contributed by atoms with Crippen LogP contribution in [0.3, 0.4) is 0 Å². The maximum absolute atomic E-state index is 13.4. The highest BCUT2D eigenvalue weighted by Crippen LogP contribution is 2.35. The summed E-state index contributed by atoms with van der Waals surface area (Å²) >= 11 is 1.60. The third-order valence-electron chi connectivity index (χ3n) is 17.9. The average molecular weight is 1450 g/mol. The summed E-state index contributed by atoms with van der Waals surface area (Å²) in [5.41, 5.74) is 13.4. The third-order valence-corrected chi connectivity index (χ3v) is 21.6. The van der Waals surface area contributed by atoms with Gasteiger partial charge in [-0.1, -0.05) is 139 Å². The van der Waals surface area contributed by atoms with E-state index in [-0.39, 0.29) is 45.9 Å². The van der Waals surface area contributed by atoms with Gasteiger partial charge in [0, 0.05) is 86.8 Å². The Bertz CT molecular complexity index is 5750. The van der Waals surface area contributed by atoms with E-state index in [0.717, 1.165) is 105 Å². The number of rotatable bonds is 21. The SMILES string of the molecule is O=C(NC1CC1)c1ccc(-c2cnc3c(S(=O)(=O)Cc4ccco4)nc(-c4ccccc4)cn23)cc1.O=C(NC1CC1)c1ccc(-c2cnc3c(S(=O)Cc4ccco4)nc(-c4ccccc4)cn23)cc1.O=C(NC1CC1)c1ccc(-c2cnc3c(SCc4ccco4)nc(-c4ccccc4)cn23)cc1. The molecule has 3 fully saturated rings. The summed E-state index contributed by atoms with van der Waals surface area (Å²) in [5.74, 6) is 2.23. The van der Waals surface area contributed by atoms with E-state index in [1.807, 2.05) is 175 Å². The molecular formula is C81H66N12O9S3. The number of nitrogens with zero attached hydrogens (tertiary/aromatic N) is 9. The first-order valence-corrected chi connectivity index (χ1v) is 38.2. The second-order valence-corrected chi connectivity index (χ2v) is 29.9. The Morgan fingerprint density at radius 2 is 0.810 bits per heavy atom. The molecule has 105 heavy (non-hydrogen) atoms. The number of amides is 3. The first-order valence-electron chi connectivity index (χ1n) is 34.2. The molecular weight excluding hydrogens is 1380 g/mol. The van der Waals surface area contributed by atoms with E-state index in [4.69, 9.17) is 28.2 Å². The Kier molecular flexibility index (Phi) is 19.0. The van der Waals surface area contributed by atoms with Gasteiger partial charge < -0.3 is 29.2 Å². The number of sulfone groups is 1. The molecule has 3 aliphatic rings. The molecule has 3 saturated carbocycles. The zero-order chi connectivity index (χ0) is 71.4. The lowest BCUT2D eigenvalue weighted by atomic mass is 10.1. The Balaban J connectivity index is 0.000000121. The highest BCUT2D eigenvalue weighted by molar-refractivity contribution is 7.98. The van der Waals surface area contributed by atoms with Crippen molar-refractivity contribution in [2.45, 2.75) is 89.0 Å². The van der Waals surface area contributed by atoms with Crippen LogP contribution in [0.2, 0.25) is 0 Å². The lowest BCUT2D eigenvalue weighted by Gasteiger charge is -2.10. The molecule has 15 aromatic rings. The van der Waals surface area contributed by atoms with E-state index in [0.29, 0.717) is 73.8 Å². The van der Waals surface area contributed by atoms with Crippen LogP contribution in [0.1, 0.15) is 86.9 Å². The van der Waals surface area contributed by atoms with Crippen LogP contribution in [0.25, 0.3) is 84.5 Å². The van der Waals surface area contributed by atoms with Crippen molar-refractivity contribution in [1.82, 2.24) is 59.1 Å². The fourth-order valence-corrected chi connectivity index (χ4v) is 15.2. The Morgan fingerprint density at radius 1 is 0.429 bits per heavy atom. The van der Waals surface area contributed by atoms with E-state index in [2.05, 4.69) is 47.4 Å². The molecule has 24 heteroatoms. The molecule has 3 N–H and O–H groups in total. The first kappa shape index (κ1) is 67.4.